The fourth-order valence-electron chi connectivity index (χ4n) is 4.08. The smallest absolute Gasteiger partial charge is 0.252 e. The predicted octanol–water partition coefficient (Wildman–Crippen LogP) is 3.30. The largest absolute Gasteiger partial charge is 0.352 e. The Labute approximate surface area is 182 Å². The fraction of sp³-hybridized carbons (Fsp3) is 0.417. The number of rotatable bonds is 7. The van der Waals surface area contributed by atoms with E-state index in [1.165, 1.54) is 5.56 Å². The molecular formula is C24H29N3O2S. The summed E-state index contributed by atoms with van der Waals surface area (Å²) >= 11 is 1.62. The van der Waals surface area contributed by atoms with Crippen LogP contribution in [0.2, 0.25) is 0 Å². The summed E-state index contributed by atoms with van der Waals surface area (Å²) in [5.74, 6) is 0.832. The zero-order valence-electron chi connectivity index (χ0n) is 17.3. The molecule has 0 atom stereocenters. The van der Waals surface area contributed by atoms with Crippen LogP contribution in [0.4, 0.5) is 0 Å². The number of hydrogen-bond acceptors (Lipinski definition) is 5. The Morgan fingerprint density at radius 3 is 2.53 bits per heavy atom. The van der Waals surface area contributed by atoms with Gasteiger partial charge in [0.15, 0.2) is 5.78 Å². The topological polar surface area (TPSA) is 52.7 Å². The number of thioether (sulfide) groups is 1. The first-order valence-corrected chi connectivity index (χ1v) is 11.7. The number of hydrogen-bond donors (Lipinski definition) is 1. The molecule has 0 aliphatic carbocycles. The van der Waals surface area contributed by atoms with Gasteiger partial charge in [-0.1, -0.05) is 42.5 Å². The molecular weight excluding hydrogens is 394 g/mol. The third-order valence-corrected chi connectivity index (χ3v) is 6.92. The van der Waals surface area contributed by atoms with Crippen LogP contribution in [-0.4, -0.2) is 66.5 Å². The van der Waals surface area contributed by atoms with Crippen LogP contribution < -0.4 is 5.32 Å². The third kappa shape index (κ3) is 5.31. The SMILES string of the molecule is O=C1CCSc2c1cccc2C(=O)NCCCN1CCN(Cc2ccccc2)CC1. The van der Waals surface area contributed by atoms with Crippen molar-refractivity contribution in [1.29, 1.82) is 0 Å². The number of benzene rings is 2. The van der Waals surface area contributed by atoms with Gasteiger partial charge in [-0.3, -0.25) is 14.5 Å². The maximum absolute atomic E-state index is 12.6. The van der Waals surface area contributed by atoms with E-state index in [0.29, 0.717) is 24.1 Å². The van der Waals surface area contributed by atoms with E-state index in [2.05, 4.69) is 45.4 Å². The van der Waals surface area contributed by atoms with Crippen LogP contribution in [0.3, 0.4) is 0 Å². The lowest BCUT2D eigenvalue weighted by molar-refractivity contribution is 0.0944. The molecule has 6 heteroatoms. The third-order valence-electron chi connectivity index (χ3n) is 5.79. The van der Waals surface area contributed by atoms with Gasteiger partial charge in [0.2, 0.25) is 0 Å². The van der Waals surface area contributed by atoms with Crippen molar-refractivity contribution < 1.29 is 9.59 Å². The summed E-state index contributed by atoms with van der Waals surface area (Å²) < 4.78 is 0. The lowest BCUT2D eigenvalue weighted by atomic mass is 10.0. The number of ketones is 1. The molecule has 2 aromatic rings. The second-order valence-electron chi connectivity index (χ2n) is 7.92. The van der Waals surface area contributed by atoms with E-state index in [1.54, 1.807) is 11.8 Å². The number of carbonyl (C=O) groups is 2. The molecule has 0 spiro atoms. The van der Waals surface area contributed by atoms with Gasteiger partial charge in [-0.25, -0.2) is 0 Å². The Balaban J connectivity index is 1.18. The van der Waals surface area contributed by atoms with E-state index in [0.717, 1.165) is 56.3 Å². The van der Waals surface area contributed by atoms with E-state index >= 15 is 0 Å². The Morgan fingerprint density at radius 2 is 1.73 bits per heavy atom. The number of fused-ring (bicyclic) bond motifs is 1. The van der Waals surface area contributed by atoms with Crippen LogP contribution in [0.1, 0.15) is 39.1 Å². The minimum absolute atomic E-state index is 0.0678. The highest BCUT2D eigenvalue weighted by molar-refractivity contribution is 7.99. The summed E-state index contributed by atoms with van der Waals surface area (Å²) in [6.07, 6.45) is 1.49. The molecule has 2 aliphatic heterocycles. The quantitative estimate of drug-likeness (QED) is 0.693. The maximum Gasteiger partial charge on any atom is 0.252 e. The van der Waals surface area contributed by atoms with Gasteiger partial charge in [0.1, 0.15) is 0 Å². The van der Waals surface area contributed by atoms with Gasteiger partial charge in [-0.2, -0.15) is 0 Å². The number of amides is 1. The summed E-state index contributed by atoms with van der Waals surface area (Å²) in [6, 6.07) is 16.1. The monoisotopic (exact) mass is 423 g/mol. The van der Waals surface area contributed by atoms with Crippen molar-refractivity contribution in [2.24, 2.45) is 0 Å². The molecule has 2 aliphatic rings. The number of Topliss-reactive ketones (excluding diaryl/α,β-unsaturated/α-hetero) is 1. The van der Waals surface area contributed by atoms with Crippen LogP contribution in [0.5, 0.6) is 0 Å². The van der Waals surface area contributed by atoms with Gasteiger partial charge in [0.05, 0.1) is 5.56 Å². The Hall–Kier alpha value is -2.15. The molecule has 0 aromatic heterocycles. The zero-order chi connectivity index (χ0) is 20.8. The standard InChI is InChI=1S/C24H29N3O2S/c28-22-10-17-30-23-20(22)8-4-9-21(23)24(29)25-11-5-12-26-13-15-27(16-14-26)18-19-6-2-1-3-7-19/h1-4,6-9H,5,10-18H2,(H,25,29). The second-order valence-corrected chi connectivity index (χ2v) is 9.02. The van der Waals surface area contributed by atoms with Crippen LogP contribution in [0.15, 0.2) is 53.4 Å². The fourth-order valence-corrected chi connectivity index (χ4v) is 5.23. The number of nitrogens with one attached hydrogen (secondary N) is 1. The van der Waals surface area contributed by atoms with Crippen molar-refractivity contribution in [3.05, 3.63) is 65.2 Å². The van der Waals surface area contributed by atoms with Crippen molar-refractivity contribution in [3.63, 3.8) is 0 Å². The highest BCUT2D eigenvalue weighted by atomic mass is 32.2. The first-order valence-electron chi connectivity index (χ1n) is 10.8. The van der Waals surface area contributed by atoms with Crippen molar-refractivity contribution in [1.82, 2.24) is 15.1 Å². The maximum atomic E-state index is 12.6. The molecule has 2 aromatic carbocycles. The number of carbonyl (C=O) groups excluding carboxylic acids is 2. The van der Waals surface area contributed by atoms with Crippen molar-refractivity contribution in [2.45, 2.75) is 24.3 Å². The van der Waals surface area contributed by atoms with Gasteiger partial charge < -0.3 is 10.2 Å². The van der Waals surface area contributed by atoms with Gasteiger partial charge in [-0.15, -0.1) is 11.8 Å². The molecule has 1 fully saturated rings. The zero-order valence-corrected chi connectivity index (χ0v) is 18.1. The normalized spacial score (nSPS) is 17.5. The first-order chi connectivity index (χ1) is 14.7. The van der Waals surface area contributed by atoms with E-state index in [9.17, 15) is 9.59 Å². The average molecular weight is 424 g/mol. The molecule has 0 unspecified atom stereocenters. The van der Waals surface area contributed by atoms with Crippen LogP contribution >= 0.6 is 11.8 Å². The summed E-state index contributed by atoms with van der Waals surface area (Å²) in [5.41, 5.74) is 2.71. The van der Waals surface area contributed by atoms with Crippen LogP contribution in [0, 0.1) is 0 Å². The second kappa shape index (κ2) is 10.2. The summed E-state index contributed by atoms with van der Waals surface area (Å²) in [7, 11) is 0. The minimum Gasteiger partial charge on any atom is -0.352 e. The lowest BCUT2D eigenvalue weighted by Crippen LogP contribution is -2.46. The first kappa shape index (κ1) is 21.1. The molecule has 1 N–H and O–H groups in total. The molecule has 1 amide bonds. The molecule has 0 radical (unpaired) electrons. The summed E-state index contributed by atoms with van der Waals surface area (Å²) in [6.45, 7) is 7.00. The lowest BCUT2D eigenvalue weighted by Gasteiger charge is -2.34. The van der Waals surface area contributed by atoms with Crippen LogP contribution in [0.25, 0.3) is 0 Å². The van der Waals surface area contributed by atoms with E-state index < -0.39 is 0 Å². The molecule has 5 nitrogen and oxygen atoms in total. The summed E-state index contributed by atoms with van der Waals surface area (Å²) in [5, 5.41) is 3.04. The Kier molecular flexibility index (Phi) is 7.20. The molecule has 4 rings (SSSR count). The predicted molar refractivity (Wildman–Crippen MR) is 121 cm³/mol. The molecule has 158 valence electrons. The molecule has 30 heavy (non-hydrogen) atoms. The molecule has 1 saturated heterocycles. The Bertz CT molecular complexity index is 879. The number of piperazine rings is 1. The van der Waals surface area contributed by atoms with Gasteiger partial charge in [0, 0.05) is 61.9 Å². The molecule has 0 bridgehead atoms. The van der Waals surface area contributed by atoms with Gasteiger partial charge in [0.25, 0.3) is 5.91 Å². The summed E-state index contributed by atoms with van der Waals surface area (Å²) in [4.78, 5) is 30.5. The van der Waals surface area contributed by atoms with Crippen molar-refractivity contribution in [3.8, 4) is 0 Å². The molecule has 2 heterocycles. The van der Waals surface area contributed by atoms with Crippen molar-refractivity contribution >= 4 is 23.5 Å². The van der Waals surface area contributed by atoms with Gasteiger partial charge in [-0.05, 0) is 24.6 Å². The van der Waals surface area contributed by atoms with E-state index in [1.807, 2.05) is 18.2 Å². The van der Waals surface area contributed by atoms with E-state index in [-0.39, 0.29) is 11.7 Å². The number of nitrogens with zero attached hydrogens (tertiary/aromatic N) is 2. The minimum atomic E-state index is -0.0678. The average Bonchev–Trinajstić information content (AvgIpc) is 2.78. The van der Waals surface area contributed by atoms with Crippen molar-refractivity contribution in [2.75, 3.05) is 45.0 Å². The highest BCUT2D eigenvalue weighted by Gasteiger charge is 2.23. The van der Waals surface area contributed by atoms with Gasteiger partial charge >= 0.3 is 0 Å². The highest BCUT2D eigenvalue weighted by Crippen LogP contribution is 2.32. The Morgan fingerprint density at radius 1 is 0.967 bits per heavy atom. The van der Waals surface area contributed by atoms with Crippen LogP contribution in [-0.2, 0) is 6.54 Å². The van der Waals surface area contributed by atoms with E-state index in [4.69, 9.17) is 0 Å². The molecule has 0 saturated carbocycles.